The van der Waals surface area contributed by atoms with E-state index in [9.17, 15) is 0 Å². The fourth-order valence-electron chi connectivity index (χ4n) is 8.47. The fraction of sp³-hybridized carbons (Fsp3) is 0.318. The van der Waals surface area contributed by atoms with Crippen LogP contribution in [0.2, 0.25) is 0 Å². The first kappa shape index (κ1) is 30.5. The number of aliphatic imine (C=N–C) groups is 2. The summed E-state index contributed by atoms with van der Waals surface area (Å²) in [5.41, 5.74) is 12.6. The average molecular weight is 645 g/mol. The van der Waals surface area contributed by atoms with Gasteiger partial charge in [0.05, 0.1) is 11.4 Å². The van der Waals surface area contributed by atoms with Crippen LogP contribution in [0.15, 0.2) is 125 Å². The third-order valence-electron chi connectivity index (χ3n) is 11.2. The highest BCUT2D eigenvalue weighted by atomic mass is 16.5. The lowest BCUT2D eigenvalue weighted by molar-refractivity contribution is 0.306. The van der Waals surface area contributed by atoms with Crippen molar-refractivity contribution in [1.29, 1.82) is 0 Å². The first-order valence-electron chi connectivity index (χ1n) is 18.3. The molecule has 49 heavy (non-hydrogen) atoms. The number of allylic oxidation sites excluding steroid dienone is 2. The Kier molecular flexibility index (Phi) is 8.32. The quantitative estimate of drug-likeness (QED) is 0.181. The number of hydrogen-bond acceptors (Lipinski definition) is 5. The topological polar surface area (TPSA) is 58.0 Å². The molecule has 0 aromatic heterocycles. The SMILES string of the molecule is C1=C(c2ccc(C3C(c4ccc(OCc5ccccc5)cc4)C3c3ccc(C4=CCC([C@@H]5CCCN5)=N4)cc3)cc2)N=C([C@@H]2CCCN2)C1. The third kappa shape index (κ3) is 6.34. The van der Waals surface area contributed by atoms with Crippen molar-refractivity contribution < 1.29 is 4.74 Å². The van der Waals surface area contributed by atoms with Crippen LogP contribution in [0.1, 0.15) is 89.7 Å². The lowest BCUT2D eigenvalue weighted by atomic mass is 10.0. The Morgan fingerprint density at radius 1 is 0.551 bits per heavy atom. The molecule has 2 N–H and O–H groups in total. The monoisotopic (exact) mass is 644 g/mol. The van der Waals surface area contributed by atoms with E-state index in [1.54, 1.807) is 0 Å². The number of ether oxygens (including phenoxy) is 1. The highest BCUT2D eigenvalue weighted by Gasteiger charge is 2.52. The summed E-state index contributed by atoms with van der Waals surface area (Å²) >= 11 is 0. The van der Waals surface area contributed by atoms with Crippen LogP contribution < -0.4 is 15.4 Å². The molecule has 4 aromatic carbocycles. The van der Waals surface area contributed by atoms with E-state index >= 15 is 0 Å². The molecule has 0 bridgehead atoms. The molecule has 9 rings (SSSR count). The zero-order valence-electron chi connectivity index (χ0n) is 28.0. The summed E-state index contributed by atoms with van der Waals surface area (Å²) < 4.78 is 6.13. The van der Waals surface area contributed by atoms with Crippen LogP contribution in [0, 0.1) is 0 Å². The molecule has 4 heterocycles. The third-order valence-corrected chi connectivity index (χ3v) is 11.2. The Morgan fingerprint density at radius 2 is 1.02 bits per heavy atom. The molecule has 5 nitrogen and oxygen atoms in total. The van der Waals surface area contributed by atoms with Gasteiger partial charge in [0.1, 0.15) is 12.4 Å². The normalized spacial score (nSPS) is 25.9. The van der Waals surface area contributed by atoms with E-state index in [1.807, 2.05) is 6.07 Å². The first-order valence-corrected chi connectivity index (χ1v) is 18.3. The van der Waals surface area contributed by atoms with E-state index in [4.69, 9.17) is 14.7 Å². The Morgan fingerprint density at radius 3 is 1.47 bits per heavy atom. The molecular weight excluding hydrogens is 601 g/mol. The number of benzene rings is 4. The first-order chi connectivity index (χ1) is 24.3. The molecule has 4 aliphatic heterocycles. The van der Waals surface area contributed by atoms with Gasteiger partial charge in [-0.25, -0.2) is 0 Å². The number of rotatable bonds is 10. The summed E-state index contributed by atoms with van der Waals surface area (Å²) in [5, 5.41) is 7.22. The largest absolute Gasteiger partial charge is 0.489 e. The highest BCUT2D eigenvalue weighted by molar-refractivity contribution is 6.00. The summed E-state index contributed by atoms with van der Waals surface area (Å²) in [6, 6.07) is 38.6. The van der Waals surface area contributed by atoms with Crippen molar-refractivity contribution in [1.82, 2.24) is 10.6 Å². The van der Waals surface area contributed by atoms with E-state index in [0.29, 0.717) is 36.4 Å². The summed E-state index contributed by atoms with van der Waals surface area (Å²) in [4.78, 5) is 10.1. The van der Waals surface area contributed by atoms with Crippen LogP contribution in [-0.2, 0) is 6.61 Å². The number of hydrogen-bond donors (Lipinski definition) is 2. The second-order valence-corrected chi connectivity index (χ2v) is 14.3. The Balaban J connectivity index is 0.950. The lowest BCUT2D eigenvalue weighted by Gasteiger charge is -2.09. The Hall–Kier alpha value is -4.58. The van der Waals surface area contributed by atoms with E-state index in [1.165, 1.54) is 70.5 Å². The lowest BCUT2D eigenvalue weighted by Crippen LogP contribution is -2.29. The van der Waals surface area contributed by atoms with Gasteiger partial charge in [-0.1, -0.05) is 103 Å². The molecule has 2 unspecified atom stereocenters. The maximum Gasteiger partial charge on any atom is 0.119 e. The smallest absolute Gasteiger partial charge is 0.119 e. The molecule has 1 saturated carbocycles. The summed E-state index contributed by atoms with van der Waals surface area (Å²) in [5.74, 6) is 2.15. The molecule has 5 aliphatic rings. The van der Waals surface area contributed by atoms with Gasteiger partial charge in [0, 0.05) is 36.3 Å². The number of nitrogens with one attached hydrogen (secondary N) is 2. The van der Waals surface area contributed by atoms with Crippen molar-refractivity contribution in [3.63, 3.8) is 0 Å². The zero-order chi connectivity index (χ0) is 32.6. The van der Waals surface area contributed by atoms with Crippen LogP contribution >= 0.6 is 0 Å². The van der Waals surface area contributed by atoms with Crippen LogP contribution in [0.25, 0.3) is 11.4 Å². The van der Waals surface area contributed by atoms with Gasteiger partial charge in [0.15, 0.2) is 0 Å². The molecule has 4 atom stereocenters. The summed E-state index contributed by atoms with van der Waals surface area (Å²) in [7, 11) is 0. The highest BCUT2D eigenvalue weighted by Crippen LogP contribution is 2.66. The van der Waals surface area contributed by atoms with Crippen LogP contribution in [-0.4, -0.2) is 36.6 Å². The van der Waals surface area contributed by atoms with Gasteiger partial charge in [-0.3, -0.25) is 9.98 Å². The number of nitrogens with zero attached hydrogens (tertiary/aromatic N) is 2. The fourth-order valence-corrected chi connectivity index (χ4v) is 8.47. The van der Waals surface area contributed by atoms with E-state index in [2.05, 4.69) is 120 Å². The van der Waals surface area contributed by atoms with Crippen LogP contribution in [0.3, 0.4) is 0 Å². The van der Waals surface area contributed by atoms with Gasteiger partial charge in [-0.15, -0.1) is 0 Å². The molecule has 3 fully saturated rings. The maximum absolute atomic E-state index is 6.13. The van der Waals surface area contributed by atoms with E-state index in [0.717, 1.165) is 43.1 Å². The molecule has 4 aromatic rings. The Labute approximate surface area is 289 Å². The molecule has 5 heteroatoms. The predicted molar refractivity (Wildman–Crippen MR) is 200 cm³/mol. The molecule has 0 radical (unpaired) electrons. The van der Waals surface area contributed by atoms with Crippen molar-refractivity contribution in [3.8, 4) is 5.75 Å². The molecular formula is C44H44N4O. The van der Waals surface area contributed by atoms with Crippen molar-refractivity contribution >= 4 is 22.8 Å². The summed E-state index contributed by atoms with van der Waals surface area (Å²) in [6.07, 6.45) is 11.4. The van der Waals surface area contributed by atoms with Gasteiger partial charge >= 0.3 is 0 Å². The van der Waals surface area contributed by atoms with Gasteiger partial charge in [-0.05, 0) is 102 Å². The van der Waals surface area contributed by atoms with Crippen molar-refractivity contribution in [2.45, 2.75) is 75.0 Å². The molecule has 1 aliphatic carbocycles. The van der Waals surface area contributed by atoms with Gasteiger partial charge in [0.2, 0.25) is 0 Å². The van der Waals surface area contributed by atoms with Crippen LogP contribution in [0.5, 0.6) is 5.75 Å². The minimum atomic E-state index is 0.410. The minimum absolute atomic E-state index is 0.410. The van der Waals surface area contributed by atoms with Gasteiger partial charge < -0.3 is 15.4 Å². The van der Waals surface area contributed by atoms with Crippen molar-refractivity contribution in [2.24, 2.45) is 9.98 Å². The molecule has 2 saturated heterocycles. The Bertz CT molecular complexity index is 1810. The van der Waals surface area contributed by atoms with Gasteiger partial charge in [-0.2, -0.15) is 0 Å². The standard InChI is InChI=1S/C44H44N4O/c1-2-6-29(7-3-1)28-49-35-20-18-34(19-21-35)44-42(32-14-10-30(11-15-32)36-22-24-40(47-36)38-8-4-26-45-38)43(44)33-16-12-31(13-17-33)37-23-25-41(48-37)39-9-5-27-46-39/h1-3,6-7,10-23,38-39,42-46H,4-5,8-9,24-28H2/t38-,39-,42?,43?,44?/m0/s1. The zero-order valence-corrected chi connectivity index (χ0v) is 28.0. The van der Waals surface area contributed by atoms with Crippen LogP contribution in [0.4, 0.5) is 0 Å². The van der Waals surface area contributed by atoms with Crippen molar-refractivity contribution in [3.05, 3.63) is 149 Å². The second-order valence-electron chi connectivity index (χ2n) is 14.3. The maximum atomic E-state index is 6.13. The van der Waals surface area contributed by atoms with E-state index in [-0.39, 0.29) is 0 Å². The molecule has 0 spiro atoms. The molecule has 246 valence electrons. The average Bonchev–Trinajstić information content (AvgIpc) is 3.83. The predicted octanol–water partition coefficient (Wildman–Crippen LogP) is 8.81. The van der Waals surface area contributed by atoms with Crippen molar-refractivity contribution in [2.75, 3.05) is 13.1 Å². The molecule has 0 amide bonds. The summed E-state index contributed by atoms with van der Waals surface area (Å²) in [6.45, 7) is 2.79. The minimum Gasteiger partial charge on any atom is -0.489 e. The van der Waals surface area contributed by atoms with Gasteiger partial charge in [0.25, 0.3) is 0 Å². The second kappa shape index (κ2) is 13.4. The van der Waals surface area contributed by atoms with E-state index < -0.39 is 0 Å².